The van der Waals surface area contributed by atoms with Crippen molar-refractivity contribution in [3.63, 3.8) is 0 Å². The fourth-order valence-corrected chi connectivity index (χ4v) is 1.26. The van der Waals surface area contributed by atoms with Crippen LogP contribution in [0, 0.1) is 5.92 Å². The molecule has 0 aromatic heterocycles. The molecule has 4 nitrogen and oxygen atoms in total. The minimum Gasteiger partial charge on any atom is -0.390 e. The van der Waals surface area contributed by atoms with Gasteiger partial charge in [-0.2, -0.15) is 0 Å². The predicted octanol–water partition coefficient (Wildman–Crippen LogP) is -0.741. The predicted molar refractivity (Wildman–Crippen MR) is 38.7 cm³/mol. The molecule has 0 radical (unpaired) electrons. The highest BCUT2D eigenvalue weighted by molar-refractivity contribution is 5.74. The summed E-state index contributed by atoms with van der Waals surface area (Å²) >= 11 is 0. The van der Waals surface area contributed by atoms with Crippen molar-refractivity contribution in [3.8, 4) is 0 Å². The van der Waals surface area contributed by atoms with Crippen molar-refractivity contribution in [2.24, 2.45) is 11.7 Å². The lowest BCUT2D eigenvalue weighted by Gasteiger charge is -2.26. The summed E-state index contributed by atoms with van der Waals surface area (Å²) in [7, 11) is 0. The van der Waals surface area contributed by atoms with E-state index in [2.05, 4.69) is 0 Å². The molecule has 1 fully saturated rings. The molecule has 0 aliphatic carbocycles. The van der Waals surface area contributed by atoms with E-state index < -0.39 is 6.10 Å². The van der Waals surface area contributed by atoms with E-state index in [1.807, 2.05) is 0 Å². The Morgan fingerprint density at radius 1 is 1.73 bits per heavy atom. The molecule has 0 spiro atoms. The molecular weight excluding hydrogens is 146 g/mol. The number of nitrogens with two attached hydrogens (primary N) is 1. The smallest absolute Gasteiger partial charge is 0.217 e. The van der Waals surface area contributed by atoms with Crippen LogP contribution in [0.4, 0.5) is 0 Å². The lowest BCUT2D eigenvalue weighted by Crippen LogP contribution is -2.34. The van der Waals surface area contributed by atoms with Crippen molar-refractivity contribution in [3.05, 3.63) is 0 Å². The molecule has 1 heterocycles. The standard InChI is InChI=1S/C7H13NO3/c8-7(10)3-5-1-2-11-4-6(5)9/h5-6,9H,1-4H2,(H2,8,10)/t5-,6-/m0/s1. The number of hydrogen-bond donors (Lipinski definition) is 2. The number of carbonyl (C=O) groups excluding carboxylic acids is 1. The Labute approximate surface area is 65.3 Å². The lowest BCUT2D eigenvalue weighted by molar-refractivity contribution is -0.122. The Kier molecular flexibility index (Phi) is 2.84. The van der Waals surface area contributed by atoms with E-state index in [4.69, 9.17) is 10.5 Å². The van der Waals surface area contributed by atoms with Crippen LogP contribution in [0.3, 0.4) is 0 Å². The maximum atomic E-state index is 10.5. The van der Waals surface area contributed by atoms with Crippen LogP contribution >= 0.6 is 0 Å². The second-order valence-electron chi connectivity index (χ2n) is 2.86. The van der Waals surface area contributed by atoms with Crippen molar-refractivity contribution in [1.29, 1.82) is 0 Å². The molecule has 1 saturated heterocycles. The first-order valence-corrected chi connectivity index (χ1v) is 3.74. The number of ether oxygens (including phenoxy) is 1. The summed E-state index contributed by atoms with van der Waals surface area (Å²) in [6, 6.07) is 0. The first-order chi connectivity index (χ1) is 5.20. The van der Waals surface area contributed by atoms with Crippen LogP contribution in [0.15, 0.2) is 0 Å². The first kappa shape index (κ1) is 8.49. The summed E-state index contributed by atoms with van der Waals surface area (Å²) < 4.78 is 4.99. The van der Waals surface area contributed by atoms with Crippen LogP contribution in [-0.2, 0) is 9.53 Å². The molecule has 0 saturated carbocycles. The molecule has 64 valence electrons. The topological polar surface area (TPSA) is 72.6 Å². The van der Waals surface area contributed by atoms with E-state index in [9.17, 15) is 9.90 Å². The average molecular weight is 159 g/mol. The van der Waals surface area contributed by atoms with Crippen LogP contribution in [-0.4, -0.2) is 30.3 Å². The van der Waals surface area contributed by atoms with E-state index in [-0.39, 0.29) is 18.2 Å². The van der Waals surface area contributed by atoms with Crippen LogP contribution in [0.5, 0.6) is 0 Å². The SMILES string of the molecule is NC(=O)C[C@@H]1CCOC[C@@H]1O. The molecule has 3 N–H and O–H groups in total. The molecule has 1 aliphatic heterocycles. The van der Waals surface area contributed by atoms with Crippen molar-refractivity contribution < 1.29 is 14.6 Å². The fraction of sp³-hybridized carbons (Fsp3) is 0.857. The van der Waals surface area contributed by atoms with Gasteiger partial charge in [0.2, 0.25) is 5.91 Å². The van der Waals surface area contributed by atoms with Crippen LogP contribution in [0.1, 0.15) is 12.8 Å². The van der Waals surface area contributed by atoms with Gasteiger partial charge in [-0.15, -0.1) is 0 Å². The molecule has 1 rings (SSSR count). The zero-order valence-electron chi connectivity index (χ0n) is 6.32. The average Bonchev–Trinajstić information content (AvgIpc) is 1.93. The highest BCUT2D eigenvalue weighted by atomic mass is 16.5. The molecular formula is C7H13NO3. The normalized spacial score (nSPS) is 31.7. The number of primary amides is 1. The van der Waals surface area contributed by atoms with Gasteiger partial charge in [0.25, 0.3) is 0 Å². The molecule has 2 atom stereocenters. The van der Waals surface area contributed by atoms with Gasteiger partial charge in [0.15, 0.2) is 0 Å². The summed E-state index contributed by atoms with van der Waals surface area (Å²) in [6.07, 6.45) is 0.477. The van der Waals surface area contributed by atoms with Crippen molar-refractivity contribution in [1.82, 2.24) is 0 Å². The van der Waals surface area contributed by atoms with Gasteiger partial charge in [-0.25, -0.2) is 0 Å². The van der Waals surface area contributed by atoms with Crippen LogP contribution in [0.2, 0.25) is 0 Å². The van der Waals surface area contributed by atoms with Gasteiger partial charge in [0.05, 0.1) is 12.7 Å². The molecule has 4 heteroatoms. The van der Waals surface area contributed by atoms with Gasteiger partial charge >= 0.3 is 0 Å². The summed E-state index contributed by atoms with van der Waals surface area (Å²) in [5.74, 6) is -0.350. The maximum absolute atomic E-state index is 10.5. The monoisotopic (exact) mass is 159 g/mol. The number of hydrogen-bond acceptors (Lipinski definition) is 3. The maximum Gasteiger partial charge on any atom is 0.217 e. The van der Waals surface area contributed by atoms with Crippen LogP contribution < -0.4 is 5.73 Å². The molecule has 11 heavy (non-hydrogen) atoms. The second-order valence-corrected chi connectivity index (χ2v) is 2.86. The summed E-state index contributed by atoms with van der Waals surface area (Å²) in [5.41, 5.74) is 4.99. The zero-order valence-corrected chi connectivity index (χ0v) is 6.32. The highest BCUT2D eigenvalue weighted by Gasteiger charge is 2.24. The zero-order chi connectivity index (χ0) is 8.27. The summed E-state index contributed by atoms with van der Waals surface area (Å²) in [5, 5.41) is 9.29. The minimum absolute atomic E-state index is 0.00116. The van der Waals surface area contributed by atoms with E-state index in [0.717, 1.165) is 6.42 Å². The molecule has 0 unspecified atom stereocenters. The summed E-state index contributed by atoms with van der Waals surface area (Å²) in [6.45, 7) is 0.951. The third kappa shape index (κ3) is 2.48. The van der Waals surface area contributed by atoms with Gasteiger partial charge in [0, 0.05) is 13.0 Å². The van der Waals surface area contributed by atoms with Crippen molar-refractivity contribution in [2.75, 3.05) is 13.2 Å². The second kappa shape index (κ2) is 3.69. The number of rotatable bonds is 2. The fourth-order valence-electron chi connectivity index (χ4n) is 1.26. The van der Waals surface area contributed by atoms with Gasteiger partial charge in [0.1, 0.15) is 0 Å². The van der Waals surface area contributed by atoms with Crippen molar-refractivity contribution >= 4 is 5.91 Å². The summed E-state index contributed by atoms with van der Waals surface area (Å²) in [4.78, 5) is 10.5. The van der Waals surface area contributed by atoms with E-state index >= 15 is 0 Å². The number of aliphatic hydroxyl groups excluding tert-OH is 1. The van der Waals surface area contributed by atoms with Gasteiger partial charge in [-0.1, -0.05) is 0 Å². The number of amides is 1. The third-order valence-corrected chi connectivity index (χ3v) is 1.93. The Bertz CT molecular complexity index is 149. The highest BCUT2D eigenvalue weighted by Crippen LogP contribution is 2.18. The first-order valence-electron chi connectivity index (χ1n) is 3.74. The Hall–Kier alpha value is -0.610. The van der Waals surface area contributed by atoms with Gasteiger partial charge in [-0.3, -0.25) is 4.79 Å². The third-order valence-electron chi connectivity index (χ3n) is 1.93. The van der Waals surface area contributed by atoms with E-state index in [0.29, 0.717) is 13.2 Å². The van der Waals surface area contributed by atoms with Gasteiger partial charge in [-0.05, 0) is 12.3 Å². The van der Waals surface area contributed by atoms with Crippen molar-refractivity contribution in [2.45, 2.75) is 18.9 Å². The Morgan fingerprint density at radius 2 is 2.45 bits per heavy atom. The lowest BCUT2D eigenvalue weighted by atomic mass is 9.94. The molecule has 0 aromatic carbocycles. The molecule has 1 aliphatic rings. The number of carbonyl (C=O) groups is 1. The molecule has 1 amide bonds. The Balaban J connectivity index is 2.35. The molecule has 0 aromatic rings. The van der Waals surface area contributed by atoms with Crippen LogP contribution in [0.25, 0.3) is 0 Å². The Morgan fingerprint density at radius 3 is 3.00 bits per heavy atom. The molecule has 0 bridgehead atoms. The van der Waals surface area contributed by atoms with E-state index in [1.54, 1.807) is 0 Å². The van der Waals surface area contributed by atoms with E-state index in [1.165, 1.54) is 0 Å². The largest absolute Gasteiger partial charge is 0.390 e. The number of aliphatic hydroxyl groups is 1. The van der Waals surface area contributed by atoms with Gasteiger partial charge < -0.3 is 15.6 Å². The quantitative estimate of drug-likeness (QED) is 0.557. The minimum atomic E-state index is -0.517.